The monoisotopic (exact) mass is 227 g/mol. The fourth-order valence-corrected chi connectivity index (χ4v) is 2.98. The van der Waals surface area contributed by atoms with E-state index < -0.39 is 0 Å². The molecule has 3 heterocycles. The van der Waals surface area contributed by atoms with Crippen LogP contribution in [0.5, 0.6) is 0 Å². The first-order valence-electron chi connectivity index (χ1n) is 6.19. The Morgan fingerprint density at radius 3 is 3.12 bits per heavy atom. The minimum Gasteiger partial charge on any atom is -0.370 e. The first-order chi connectivity index (χ1) is 8.31. The van der Waals surface area contributed by atoms with Crippen LogP contribution in [0.15, 0.2) is 18.5 Å². The highest BCUT2D eigenvalue weighted by molar-refractivity contribution is 5.50. The Bertz CT molecular complexity index is 455. The van der Waals surface area contributed by atoms with Crippen molar-refractivity contribution in [3.8, 4) is 12.3 Å². The Hall–Kier alpha value is -1.53. The van der Waals surface area contributed by atoms with Crippen molar-refractivity contribution in [2.45, 2.75) is 12.8 Å². The number of nitrogens with one attached hydrogen (secondary N) is 1. The van der Waals surface area contributed by atoms with Gasteiger partial charge in [0.1, 0.15) is 0 Å². The lowest BCUT2D eigenvalue weighted by Gasteiger charge is -2.23. The molecule has 1 aromatic rings. The van der Waals surface area contributed by atoms with Gasteiger partial charge in [-0.1, -0.05) is 5.92 Å². The molecule has 2 aliphatic rings. The van der Waals surface area contributed by atoms with E-state index in [0.717, 1.165) is 31.7 Å². The van der Waals surface area contributed by atoms with E-state index in [1.165, 1.54) is 18.5 Å². The Morgan fingerprint density at radius 2 is 2.35 bits per heavy atom. The summed E-state index contributed by atoms with van der Waals surface area (Å²) in [7, 11) is 0. The fourth-order valence-electron chi connectivity index (χ4n) is 2.98. The van der Waals surface area contributed by atoms with Gasteiger partial charge in [-0.25, -0.2) is 0 Å². The Morgan fingerprint density at radius 1 is 1.41 bits per heavy atom. The molecule has 2 saturated heterocycles. The van der Waals surface area contributed by atoms with Gasteiger partial charge in [0.25, 0.3) is 0 Å². The van der Waals surface area contributed by atoms with E-state index in [2.05, 4.69) is 27.2 Å². The lowest BCUT2D eigenvalue weighted by molar-refractivity contribution is 0.369. The van der Waals surface area contributed by atoms with Crippen LogP contribution in [-0.2, 0) is 0 Å². The number of anilines is 1. The Balaban J connectivity index is 1.80. The number of pyridine rings is 1. The molecule has 2 fully saturated rings. The van der Waals surface area contributed by atoms with Gasteiger partial charge in [-0.15, -0.1) is 6.42 Å². The molecule has 0 saturated carbocycles. The van der Waals surface area contributed by atoms with Crippen LogP contribution in [0, 0.1) is 17.8 Å². The summed E-state index contributed by atoms with van der Waals surface area (Å²) in [5.74, 6) is 2.65. The maximum absolute atomic E-state index is 5.41. The molecule has 3 rings (SSSR count). The zero-order valence-corrected chi connectivity index (χ0v) is 9.95. The predicted molar refractivity (Wildman–Crippen MR) is 68.9 cm³/mol. The number of nitrogens with zero attached hydrogens (tertiary/aromatic N) is 2. The molecule has 17 heavy (non-hydrogen) atoms. The highest BCUT2D eigenvalue weighted by Crippen LogP contribution is 2.37. The van der Waals surface area contributed by atoms with Gasteiger partial charge in [0.05, 0.1) is 11.9 Å². The SMILES string of the molecule is C#Cc1cncc(N2CCC3(CCNC3)C2)c1. The quantitative estimate of drug-likeness (QED) is 0.732. The Kier molecular flexibility index (Phi) is 2.53. The van der Waals surface area contributed by atoms with Crippen molar-refractivity contribution >= 4 is 5.69 Å². The summed E-state index contributed by atoms with van der Waals surface area (Å²) in [5.41, 5.74) is 2.53. The lowest BCUT2D eigenvalue weighted by atomic mass is 9.86. The maximum atomic E-state index is 5.41. The molecule has 1 unspecified atom stereocenters. The zero-order valence-electron chi connectivity index (χ0n) is 9.95. The third-order valence-electron chi connectivity index (χ3n) is 4.03. The molecule has 1 atom stereocenters. The second kappa shape index (κ2) is 4.05. The molecule has 0 bridgehead atoms. The van der Waals surface area contributed by atoms with Gasteiger partial charge >= 0.3 is 0 Å². The van der Waals surface area contributed by atoms with E-state index in [1.54, 1.807) is 6.20 Å². The molecule has 0 aromatic carbocycles. The van der Waals surface area contributed by atoms with E-state index in [4.69, 9.17) is 6.42 Å². The van der Waals surface area contributed by atoms with Crippen molar-refractivity contribution in [3.05, 3.63) is 24.0 Å². The number of terminal acetylenes is 1. The highest BCUT2D eigenvalue weighted by Gasteiger charge is 2.40. The Labute approximate surface area is 102 Å². The second-order valence-electron chi connectivity index (χ2n) is 5.17. The van der Waals surface area contributed by atoms with Crippen LogP contribution in [0.25, 0.3) is 0 Å². The third-order valence-corrected chi connectivity index (χ3v) is 4.03. The summed E-state index contributed by atoms with van der Waals surface area (Å²) < 4.78 is 0. The van der Waals surface area contributed by atoms with Crippen LogP contribution in [0.3, 0.4) is 0 Å². The van der Waals surface area contributed by atoms with E-state index in [-0.39, 0.29) is 0 Å². The summed E-state index contributed by atoms with van der Waals surface area (Å²) in [4.78, 5) is 6.63. The minimum atomic E-state index is 0.492. The van der Waals surface area contributed by atoms with E-state index in [0.29, 0.717) is 5.41 Å². The molecule has 0 radical (unpaired) electrons. The molecule has 3 heteroatoms. The fraction of sp³-hybridized carbons (Fsp3) is 0.500. The average molecular weight is 227 g/mol. The molecule has 0 aliphatic carbocycles. The maximum Gasteiger partial charge on any atom is 0.0565 e. The van der Waals surface area contributed by atoms with Crippen LogP contribution >= 0.6 is 0 Å². The van der Waals surface area contributed by atoms with Crippen molar-refractivity contribution in [2.75, 3.05) is 31.1 Å². The number of aromatic nitrogens is 1. The smallest absolute Gasteiger partial charge is 0.0565 e. The lowest BCUT2D eigenvalue weighted by Crippen LogP contribution is -2.29. The normalized spacial score (nSPS) is 27.6. The number of rotatable bonds is 1. The third kappa shape index (κ3) is 1.89. The number of hydrogen-bond donors (Lipinski definition) is 1. The van der Waals surface area contributed by atoms with Gasteiger partial charge < -0.3 is 10.2 Å². The van der Waals surface area contributed by atoms with Gasteiger partial charge in [-0.2, -0.15) is 0 Å². The van der Waals surface area contributed by atoms with Crippen LogP contribution in [-0.4, -0.2) is 31.2 Å². The molecular weight excluding hydrogens is 210 g/mol. The van der Waals surface area contributed by atoms with Crippen molar-refractivity contribution in [3.63, 3.8) is 0 Å². The van der Waals surface area contributed by atoms with Gasteiger partial charge in [0.2, 0.25) is 0 Å². The largest absolute Gasteiger partial charge is 0.370 e. The molecule has 3 nitrogen and oxygen atoms in total. The predicted octanol–water partition coefficient (Wildman–Crippen LogP) is 1.25. The van der Waals surface area contributed by atoms with Crippen molar-refractivity contribution in [2.24, 2.45) is 5.41 Å². The second-order valence-corrected chi connectivity index (χ2v) is 5.17. The number of hydrogen-bond acceptors (Lipinski definition) is 3. The molecule has 88 valence electrons. The molecule has 0 amide bonds. The summed E-state index contributed by atoms with van der Waals surface area (Å²) in [6.45, 7) is 4.58. The van der Waals surface area contributed by atoms with Crippen LogP contribution in [0.1, 0.15) is 18.4 Å². The van der Waals surface area contributed by atoms with Crippen molar-refractivity contribution < 1.29 is 0 Å². The summed E-state index contributed by atoms with van der Waals surface area (Å²) >= 11 is 0. The summed E-state index contributed by atoms with van der Waals surface area (Å²) in [6.07, 6.45) is 11.7. The van der Waals surface area contributed by atoms with Crippen molar-refractivity contribution in [1.82, 2.24) is 10.3 Å². The molecule has 1 aromatic heterocycles. The summed E-state index contributed by atoms with van der Waals surface area (Å²) in [6, 6.07) is 2.06. The topological polar surface area (TPSA) is 28.2 Å². The average Bonchev–Trinajstić information content (AvgIpc) is 3.01. The van der Waals surface area contributed by atoms with Crippen molar-refractivity contribution in [1.29, 1.82) is 0 Å². The van der Waals surface area contributed by atoms with Gasteiger partial charge in [0, 0.05) is 36.8 Å². The molecule has 1 spiro atoms. The minimum absolute atomic E-state index is 0.492. The molecule has 1 N–H and O–H groups in total. The van der Waals surface area contributed by atoms with Gasteiger partial charge in [0.15, 0.2) is 0 Å². The van der Waals surface area contributed by atoms with E-state index in [9.17, 15) is 0 Å². The standard InChI is InChI=1S/C14H17N3/c1-2-12-7-13(9-16-8-12)17-6-4-14(11-17)3-5-15-10-14/h1,7-9,15H,3-6,10-11H2. The van der Waals surface area contributed by atoms with Crippen LogP contribution in [0.4, 0.5) is 5.69 Å². The first kappa shape index (κ1) is 10.6. The van der Waals surface area contributed by atoms with E-state index >= 15 is 0 Å². The highest BCUT2D eigenvalue weighted by atomic mass is 15.2. The van der Waals surface area contributed by atoms with Gasteiger partial charge in [-0.05, 0) is 25.5 Å². The molecular formula is C14H17N3. The van der Waals surface area contributed by atoms with Crippen LogP contribution in [0.2, 0.25) is 0 Å². The summed E-state index contributed by atoms with van der Waals surface area (Å²) in [5, 5.41) is 3.47. The molecule has 2 aliphatic heterocycles. The van der Waals surface area contributed by atoms with Crippen LogP contribution < -0.4 is 10.2 Å². The van der Waals surface area contributed by atoms with E-state index in [1.807, 2.05) is 6.20 Å². The zero-order chi connectivity index (χ0) is 11.7. The first-order valence-corrected chi connectivity index (χ1v) is 6.19. The van der Waals surface area contributed by atoms with Gasteiger partial charge in [-0.3, -0.25) is 4.98 Å².